The lowest BCUT2D eigenvalue weighted by Gasteiger charge is -1.98. The lowest BCUT2D eigenvalue weighted by molar-refractivity contribution is -0.134. The third-order valence-electron chi connectivity index (χ3n) is 1.47. The first kappa shape index (κ1) is 10.5. The summed E-state index contributed by atoms with van der Waals surface area (Å²) < 4.78 is 4.41. The van der Waals surface area contributed by atoms with Gasteiger partial charge in [0.1, 0.15) is 5.82 Å². The molecule has 74 valence electrons. The van der Waals surface area contributed by atoms with Gasteiger partial charge in [0.25, 0.3) is 0 Å². The first-order valence-electron chi connectivity index (χ1n) is 3.81. The van der Waals surface area contributed by atoms with Crippen LogP contribution in [-0.2, 0) is 9.53 Å². The third kappa shape index (κ3) is 2.74. The highest BCUT2D eigenvalue weighted by atomic mass is 35.5. The number of halogens is 1. The number of ether oxygens (including phenoxy) is 1. The second kappa shape index (κ2) is 4.62. The fourth-order valence-corrected chi connectivity index (χ4v) is 0.974. The molecule has 4 nitrogen and oxygen atoms in total. The zero-order valence-corrected chi connectivity index (χ0v) is 8.28. The summed E-state index contributed by atoms with van der Waals surface area (Å²) in [4.78, 5) is 14.7. The van der Waals surface area contributed by atoms with Gasteiger partial charge in [-0.25, -0.2) is 9.78 Å². The molecule has 0 radical (unpaired) electrons. The van der Waals surface area contributed by atoms with Crippen molar-refractivity contribution in [3.05, 3.63) is 28.9 Å². The molecule has 1 aromatic heterocycles. The van der Waals surface area contributed by atoms with E-state index in [4.69, 9.17) is 17.3 Å². The number of nitrogens with zero attached hydrogens (tertiary/aromatic N) is 1. The van der Waals surface area contributed by atoms with E-state index in [1.807, 2.05) is 0 Å². The van der Waals surface area contributed by atoms with Gasteiger partial charge in [-0.1, -0.05) is 11.6 Å². The molecule has 1 rings (SSSR count). The number of rotatable bonds is 2. The van der Waals surface area contributed by atoms with Crippen LogP contribution in [-0.4, -0.2) is 18.1 Å². The van der Waals surface area contributed by atoms with Crippen molar-refractivity contribution < 1.29 is 9.53 Å². The highest BCUT2D eigenvalue weighted by molar-refractivity contribution is 6.31. The third-order valence-corrected chi connectivity index (χ3v) is 1.79. The number of aromatic nitrogens is 1. The maximum atomic E-state index is 10.8. The molecule has 0 bridgehead atoms. The smallest absolute Gasteiger partial charge is 0.330 e. The summed E-state index contributed by atoms with van der Waals surface area (Å²) >= 11 is 5.80. The molecular weight excluding hydrogens is 204 g/mol. The molecule has 0 fully saturated rings. The zero-order valence-electron chi connectivity index (χ0n) is 7.53. The summed E-state index contributed by atoms with van der Waals surface area (Å²) in [5.41, 5.74) is 5.89. The molecule has 0 atom stereocenters. The second-order valence-corrected chi connectivity index (χ2v) is 2.87. The van der Waals surface area contributed by atoms with Gasteiger partial charge >= 0.3 is 5.97 Å². The second-order valence-electron chi connectivity index (χ2n) is 2.46. The predicted molar refractivity (Wildman–Crippen MR) is 54.7 cm³/mol. The van der Waals surface area contributed by atoms with Gasteiger partial charge in [0.2, 0.25) is 0 Å². The first-order chi connectivity index (χ1) is 6.63. The molecule has 5 heteroatoms. The normalized spacial score (nSPS) is 10.4. The van der Waals surface area contributed by atoms with Crippen molar-refractivity contribution in [2.75, 3.05) is 12.8 Å². The molecule has 0 aliphatic carbocycles. The average Bonchev–Trinajstić information content (AvgIpc) is 2.19. The number of pyridine rings is 1. The molecule has 0 amide bonds. The Balaban J connectivity index is 2.90. The minimum atomic E-state index is -0.467. The van der Waals surface area contributed by atoms with E-state index in [9.17, 15) is 4.79 Å². The fraction of sp³-hybridized carbons (Fsp3) is 0.111. The molecule has 14 heavy (non-hydrogen) atoms. The van der Waals surface area contributed by atoms with Gasteiger partial charge in [-0.2, -0.15) is 0 Å². The predicted octanol–water partition coefficient (Wildman–Crippen LogP) is 1.50. The molecule has 1 aromatic rings. The Hall–Kier alpha value is -1.55. The number of esters is 1. The lowest BCUT2D eigenvalue weighted by Crippen LogP contribution is -1.95. The number of nitrogen functional groups attached to an aromatic ring is 1. The Morgan fingerprint density at radius 2 is 2.36 bits per heavy atom. The van der Waals surface area contributed by atoms with E-state index in [-0.39, 0.29) is 0 Å². The summed E-state index contributed by atoms with van der Waals surface area (Å²) in [5.74, 6) is -0.121. The van der Waals surface area contributed by atoms with Gasteiger partial charge in [0.05, 0.1) is 17.8 Å². The Kier molecular flexibility index (Phi) is 3.48. The largest absolute Gasteiger partial charge is 0.466 e. The lowest BCUT2D eigenvalue weighted by atomic mass is 10.3. The van der Waals surface area contributed by atoms with Crippen LogP contribution in [0.2, 0.25) is 5.02 Å². The quantitative estimate of drug-likeness (QED) is 0.596. The highest BCUT2D eigenvalue weighted by Crippen LogP contribution is 2.16. The molecule has 0 saturated heterocycles. The van der Waals surface area contributed by atoms with E-state index >= 15 is 0 Å². The molecule has 0 saturated carbocycles. The molecule has 1 heterocycles. The molecule has 0 aliphatic heterocycles. The number of carbonyl (C=O) groups is 1. The summed E-state index contributed by atoms with van der Waals surface area (Å²) in [6, 6.07) is 3.19. The maximum Gasteiger partial charge on any atom is 0.330 e. The van der Waals surface area contributed by atoms with Crippen LogP contribution in [0.3, 0.4) is 0 Å². The molecule has 0 aromatic carbocycles. The molecule has 2 N–H and O–H groups in total. The van der Waals surface area contributed by atoms with Crippen molar-refractivity contribution in [1.29, 1.82) is 0 Å². The van der Waals surface area contributed by atoms with Gasteiger partial charge in [0, 0.05) is 6.08 Å². The number of hydrogen-bond donors (Lipinski definition) is 1. The monoisotopic (exact) mass is 212 g/mol. The van der Waals surface area contributed by atoms with E-state index in [1.165, 1.54) is 19.3 Å². The number of carbonyl (C=O) groups excluding carboxylic acids is 1. The highest BCUT2D eigenvalue weighted by Gasteiger charge is 1.99. The summed E-state index contributed by atoms with van der Waals surface area (Å²) in [7, 11) is 1.29. The van der Waals surface area contributed by atoms with E-state index in [0.29, 0.717) is 16.5 Å². The van der Waals surface area contributed by atoms with E-state index in [2.05, 4.69) is 9.72 Å². The maximum absolute atomic E-state index is 10.8. The van der Waals surface area contributed by atoms with Crippen molar-refractivity contribution in [3.63, 3.8) is 0 Å². The van der Waals surface area contributed by atoms with Gasteiger partial charge in [-0.05, 0) is 18.2 Å². The van der Waals surface area contributed by atoms with Crippen molar-refractivity contribution in [3.8, 4) is 0 Å². The van der Waals surface area contributed by atoms with E-state index in [1.54, 1.807) is 12.1 Å². The van der Waals surface area contributed by atoms with Crippen LogP contribution in [0.15, 0.2) is 18.2 Å². The van der Waals surface area contributed by atoms with Crippen molar-refractivity contribution >= 4 is 29.5 Å². The van der Waals surface area contributed by atoms with E-state index in [0.717, 1.165) is 0 Å². The average molecular weight is 213 g/mol. The SMILES string of the molecule is COC(=O)/C=C/c1nc(N)ccc1Cl. The summed E-state index contributed by atoms with van der Waals surface area (Å²) in [5, 5.41) is 0.430. The zero-order chi connectivity index (χ0) is 10.6. The standard InChI is InChI=1S/C9H9ClN2O2/c1-14-9(13)5-3-7-6(10)2-4-8(11)12-7/h2-5H,1H3,(H2,11,12)/b5-3+. The van der Waals surface area contributed by atoms with Crippen LogP contribution in [0.1, 0.15) is 5.69 Å². The number of nitrogens with two attached hydrogens (primary N) is 1. The van der Waals surface area contributed by atoms with Crippen LogP contribution in [0.25, 0.3) is 6.08 Å². The molecule has 0 aliphatic rings. The Labute approximate surface area is 86.3 Å². The minimum Gasteiger partial charge on any atom is -0.466 e. The molecule has 0 unspecified atom stereocenters. The van der Waals surface area contributed by atoms with Gasteiger partial charge in [-0.15, -0.1) is 0 Å². The van der Waals surface area contributed by atoms with Crippen LogP contribution in [0.5, 0.6) is 0 Å². The van der Waals surface area contributed by atoms with Crippen molar-refractivity contribution in [1.82, 2.24) is 4.98 Å². The van der Waals surface area contributed by atoms with Crippen molar-refractivity contribution in [2.45, 2.75) is 0 Å². The topological polar surface area (TPSA) is 65.2 Å². The number of anilines is 1. The summed E-state index contributed by atoms with van der Waals surface area (Å²) in [6.07, 6.45) is 2.68. The van der Waals surface area contributed by atoms with Gasteiger partial charge < -0.3 is 10.5 Å². The Morgan fingerprint density at radius 1 is 1.64 bits per heavy atom. The molecule has 0 spiro atoms. The van der Waals surface area contributed by atoms with Crippen LogP contribution < -0.4 is 5.73 Å². The van der Waals surface area contributed by atoms with Gasteiger partial charge in [-0.3, -0.25) is 0 Å². The number of hydrogen-bond acceptors (Lipinski definition) is 4. The van der Waals surface area contributed by atoms with Crippen LogP contribution in [0.4, 0.5) is 5.82 Å². The van der Waals surface area contributed by atoms with Crippen molar-refractivity contribution in [2.24, 2.45) is 0 Å². The Bertz CT molecular complexity index is 377. The number of methoxy groups -OCH3 is 1. The summed E-state index contributed by atoms with van der Waals surface area (Å²) in [6.45, 7) is 0. The fourth-order valence-electron chi connectivity index (χ4n) is 0.806. The van der Waals surface area contributed by atoms with Crippen LogP contribution >= 0.6 is 11.6 Å². The van der Waals surface area contributed by atoms with E-state index < -0.39 is 5.97 Å². The van der Waals surface area contributed by atoms with Crippen LogP contribution in [0, 0.1) is 0 Å². The Morgan fingerprint density at radius 3 is 3.00 bits per heavy atom. The van der Waals surface area contributed by atoms with Gasteiger partial charge in [0.15, 0.2) is 0 Å². The first-order valence-corrected chi connectivity index (χ1v) is 4.19. The minimum absolute atomic E-state index is 0.346. The molecular formula is C9H9ClN2O2.